The van der Waals surface area contributed by atoms with Crippen molar-refractivity contribution in [2.24, 2.45) is 0 Å². The number of para-hydroxylation sites is 3. The third kappa shape index (κ3) is 6.30. The molecule has 0 atom stereocenters. The Labute approximate surface area is 429 Å². The summed E-state index contributed by atoms with van der Waals surface area (Å²) in [5.74, 6) is 1.65. The van der Waals surface area contributed by atoms with Crippen LogP contribution in [0, 0.1) is 0 Å². The average Bonchev–Trinajstić information content (AvgIpc) is 4.22. The molecule has 0 bridgehead atoms. The summed E-state index contributed by atoms with van der Waals surface area (Å²) in [6.45, 7) is 0. The van der Waals surface area contributed by atoms with Crippen LogP contribution in [0.5, 0.6) is 0 Å². The minimum atomic E-state index is 0.526. The summed E-state index contributed by atoms with van der Waals surface area (Å²) in [5.41, 5.74) is 12.5. The van der Waals surface area contributed by atoms with Crippen LogP contribution in [0.3, 0.4) is 0 Å². The third-order valence-electron chi connectivity index (χ3n) is 15.3. The lowest BCUT2D eigenvalue weighted by Crippen LogP contribution is -2.05. The number of hydrogen-bond donors (Lipinski definition) is 0. The minimum Gasteiger partial charge on any atom is -0.454 e. The third-order valence-corrected chi connectivity index (χ3v) is 15.3. The number of rotatable bonds is 6. The molecule has 348 valence electrons. The lowest BCUT2D eigenvalue weighted by atomic mass is 10.0. The van der Waals surface area contributed by atoms with E-state index in [2.05, 4.69) is 252 Å². The number of furan rings is 1. The van der Waals surface area contributed by atoms with Crippen molar-refractivity contribution >= 4 is 97.9 Å². The topological polar surface area (TPSA) is 61.7 Å². The highest BCUT2D eigenvalue weighted by Crippen LogP contribution is 2.47. The Balaban J connectivity index is 1.06. The summed E-state index contributed by atoms with van der Waals surface area (Å²) in [7, 11) is 0. The molecule has 0 amide bonds. The molecule has 16 rings (SSSR count). The molecule has 4 heterocycles. The van der Waals surface area contributed by atoms with Crippen LogP contribution < -0.4 is 0 Å². The molecule has 6 nitrogen and oxygen atoms in total. The molecule has 0 spiro atoms. The van der Waals surface area contributed by atoms with E-state index < -0.39 is 0 Å². The zero-order valence-electron chi connectivity index (χ0n) is 40.3. The molecule has 0 radical (unpaired) electrons. The Kier molecular flexibility index (Phi) is 8.94. The molecule has 4 aromatic heterocycles. The minimum absolute atomic E-state index is 0.526. The van der Waals surface area contributed by atoms with Crippen LogP contribution in [0.15, 0.2) is 253 Å². The summed E-state index contributed by atoms with van der Waals surface area (Å²) < 4.78 is 12.1. The predicted octanol–water partition coefficient (Wildman–Crippen LogP) is 18.1. The molecule has 6 heteroatoms. The van der Waals surface area contributed by atoms with Crippen LogP contribution in [0.25, 0.3) is 155 Å². The number of benzene rings is 12. The Bertz CT molecular complexity index is 5010. The van der Waals surface area contributed by atoms with Crippen molar-refractivity contribution in [1.82, 2.24) is 24.1 Å². The van der Waals surface area contributed by atoms with Gasteiger partial charge in [-0.1, -0.05) is 182 Å². The Morgan fingerprint density at radius 2 is 0.907 bits per heavy atom. The average molecular weight is 956 g/mol. The van der Waals surface area contributed by atoms with Gasteiger partial charge in [0.25, 0.3) is 0 Å². The first-order valence-corrected chi connectivity index (χ1v) is 25.4. The molecule has 0 saturated carbocycles. The maximum atomic E-state index is 7.31. The molecular weight excluding hydrogens is 915 g/mol. The second-order valence-corrected chi connectivity index (χ2v) is 19.5. The van der Waals surface area contributed by atoms with Crippen molar-refractivity contribution in [2.75, 3.05) is 0 Å². The van der Waals surface area contributed by atoms with E-state index in [1.807, 2.05) is 6.07 Å². The SMILES string of the molecule is c1ccc(-c2cccc(-c3nc(-c4ccc5c(oc6ccc7ccccc7c65)c4-n4c5cc6ccccc6cc5c5c6ccccc6ccc54)nc(-c4cccc5c6ccccc6n(-c6ccccc6)c45)n3)c2)cc1. The van der Waals surface area contributed by atoms with Gasteiger partial charge in [0.2, 0.25) is 0 Å². The van der Waals surface area contributed by atoms with Crippen LogP contribution in [-0.2, 0) is 0 Å². The normalized spacial score (nSPS) is 12.0. The first kappa shape index (κ1) is 41.4. The van der Waals surface area contributed by atoms with Crippen molar-refractivity contribution in [3.8, 4) is 56.7 Å². The smallest absolute Gasteiger partial charge is 0.166 e. The lowest BCUT2D eigenvalue weighted by molar-refractivity contribution is 0.667. The van der Waals surface area contributed by atoms with E-state index in [1.54, 1.807) is 0 Å². The van der Waals surface area contributed by atoms with Crippen LogP contribution in [-0.4, -0.2) is 24.1 Å². The quantitative estimate of drug-likeness (QED) is 0.167. The van der Waals surface area contributed by atoms with Gasteiger partial charge < -0.3 is 13.6 Å². The largest absolute Gasteiger partial charge is 0.454 e. The second-order valence-electron chi connectivity index (χ2n) is 19.5. The van der Waals surface area contributed by atoms with Gasteiger partial charge in [-0.25, -0.2) is 15.0 Å². The van der Waals surface area contributed by atoms with Gasteiger partial charge in [-0.2, -0.15) is 0 Å². The van der Waals surface area contributed by atoms with E-state index in [1.165, 1.54) is 21.5 Å². The molecule has 0 N–H and O–H groups in total. The summed E-state index contributed by atoms with van der Waals surface area (Å²) >= 11 is 0. The second kappa shape index (κ2) is 16.2. The first-order chi connectivity index (χ1) is 37.2. The molecule has 0 fully saturated rings. The highest BCUT2D eigenvalue weighted by molar-refractivity contribution is 6.26. The highest BCUT2D eigenvalue weighted by Gasteiger charge is 2.27. The van der Waals surface area contributed by atoms with Crippen molar-refractivity contribution in [3.63, 3.8) is 0 Å². The molecule has 12 aromatic carbocycles. The number of fused-ring (bicyclic) bond motifs is 14. The van der Waals surface area contributed by atoms with E-state index in [9.17, 15) is 0 Å². The van der Waals surface area contributed by atoms with Gasteiger partial charge >= 0.3 is 0 Å². The van der Waals surface area contributed by atoms with E-state index in [0.717, 1.165) is 116 Å². The molecule has 0 saturated heterocycles. The maximum absolute atomic E-state index is 7.31. The summed E-state index contributed by atoms with van der Waals surface area (Å²) in [4.78, 5) is 16.8. The summed E-state index contributed by atoms with van der Waals surface area (Å²) in [5, 5.41) is 13.7. The molecule has 0 aliphatic carbocycles. The van der Waals surface area contributed by atoms with Gasteiger partial charge in [0.1, 0.15) is 11.3 Å². The van der Waals surface area contributed by atoms with Gasteiger partial charge in [0.15, 0.2) is 23.1 Å². The predicted molar refractivity (Wildman–Crippen MR) is 310 cm³/mol. The van der Waals surface area contributed by atoms with E-state index in [-0.39, 0.29) is 0 Å². The van der Waals surface area contributed by atoms with Crippen LogP contribution in [0.1, 0.15) is 0 Å². The maximum Gasteiger partial charge on any atom is 0.166 e. The van der Waals surface area contributed by atoms with E-state index in [0.29, 0.717) is 17.5 Å². The molecular formula is C69H41N5O. The van der Waals surface area contributed by atoms with Crippen molar-refractivity contribution in [2.45, 2.75) is 0 Å². The standard InChI is InChI=1S/C69H41N5O/c1-3-17-42(18-4-1)45-23-15-24-48(39-45)67-70-68(55-31-16-30-53-52-29-13-14-32-58(52)73(64(53)55)49-25-5-2-6-26-49)72-69(71-67)56-36-35-54-63-51-28-12-10-20-44(51)34-38-61(63)75-66(54)65(56)74-59-37-33-43-19-9-11-27-50(43)62(59)57-40-46-21-7-8-22-47(46)41-60(57)74/h1-41H. The summed E-state index contributed by atoms with van der Waals surface area (Å²) in [6, 6.07) is 88.5. The van der Waals surface area contributed by atoms with Crippen molar-refractivity contribution in [3.05, 3.63) is 249 Å². The molecule has 0 aliphatic heterocycles. The zero-order valence-corrected chi connectivity index (χ0v) is 40.3. The number of hydrogen-bond acceptors (Lipinski definition) is 4. The van der Waals surface area contributed by atoms with Crippen LogP contribution >= 0.6 is 0 Å². The van der Waals surface area contributed by atoms with Crippen molar-refractivity contribution in [1.29, 1.82) is 0 Å². The first-order valence-electron chi connectivity index (χ1n) is 25.4. The molecule has 75 heavy (non-hydrogen) atoms. The fourth-order valence-electron chi connectivity index (χ4n) is 12.0. The molecule has 0 aliphatic rings. The number of nitrogens with zero attached hydrogens (tertiary/aromatic N) is 5. The lowest BCUT2D eigenvalue weighted by Gasteiger charge is -2.16. The fraction of sp³-hybridized carbons (Fsp3) is 0. The zero-order chi connectivity index (χ0) is 49.1. The Morgan fingerprint density at radius 1 is 0.307 bits per heavy atom. The van der Waals surface area contributed by atoms with Crippen molar-refractivity contribution < 1.29 is 4.42 Å². The van der Waals surface area contributed by atoms with E-state index in [4.69, 9.17) is 19.4 Å². The molecule has 16 aromatic rings. The van der Waals surface area contributed by atoms with Crippen LogP contribution in [0.2, 0.25) is 0 Å². The van der Waals surface area contributed by atoms with Gasteiger partial charge in [0.05, 0.1) is 22.1 Å². The fourth-order valence-corrected chi connectivity index (χ4v) is 12.0. The number of aromatic nitrogens is 5. The van der Waals surface area contributed by atoms with Gasteiger partial charge in [-0.3, -0.25) is 0 Å². The molecule has 0 unspecified atom stereocenters. The monoisotopic (exact) mass is 955 g/mol. The van der Waals surface area contributed by atoms with Gasteiger partial charge in [-0.15, -0.1) is 0 Å². The van der Waals surface area contributed by atoms with Crippen LogP contribution in [0.4, 0.5) is 0 Å². The van der Waals surface area contributed by atoms with Gasteiger partial charge in [0, 0.05) is 54.7 Å². The Hall–Kier alpha value is -10.2. The summed E-state index contributed by atoms with van der Waals surface area (Å²) in [6.07, 6.45) is 0. The van der Waals surface area contributed by atoms with Gasteiger partial charge in [-0.05, 0) is 110 Å². The highest BCUT2D eigenvalue weighted by atomic mass is 16.3. The Morgan fingerprint density at radius 3 is 1.71 bits per heavy atom. The van der Waals surface area contributed by atoms with E-state index >= 15 is 0 Å².